The number of rotatable bonds is 3. The van der Waals surface area contributed by atoms with Crippen LogP contribution in [-0.2, 0) is 6.54 Å². The van der Waals surface area contributed by atoms with Gasteiger partial charge in [0.2, 0.25) is 0 Å². The van der Waals surface area contributed by atoms with Gasteiger partial charge in [0.15, 0.2) is 0 Å². The molecule has 0 atom stereocenters. The zero-order chi connectivity index (χ0) is 12.4. The van der Waals surface area contributed by atoms with Crippen molar-refractivity contribution in [3.63, 3.8) is 0 Å². The molecule has 1 aromatic carbocycles. The van der Waals surface area contributed by atoms with E-state index < -0.39 is 0 Å². The Morgan fingerprint density at radius 2 is 2.44 bits per heavy atom. The third-order valence-corrected chi connectivity index (χ3v) is 3.03. The second kappa shape index (κ2) is 4.60. The van der Waals surface area contributed by atoms with E-state index in [-0.39, 0.29) is 0 Å². The van der Waals surface area contributed by atoms with Crippen molar-refractivity contribution >= 4 is 5.69 Å². The summed E-state index contributed by atoms with van der Waals surface area (Å²) < 4.78 is 10.9. The third kappa shape index (κ3) is 1.99. The number of anilines is 1. The summed E-state index contributed by atoms with van der Waals surface area (Å²) in [7, 11) is 1.67. The Balaban J connectivity index is 1.90. The first kappa shape index (κ1) is 11.0. The Kier molecular flexibility index (Phi) is 2.80. The number of hydrogen-bond acceptors (Lipinski definition) is 4. The predicted molar refractivity (Wildman–Crippen MR) is 68.1 cm³/mol. The topological polar surface area (TPSA) is 50.4 Å². The lowest BCUT2D eigenvalue weighted by Gasteiger charge is -2.30. The van der Waals surface area contributed by atoms with Crippen LogP contribution in [0.1, 0.15) is 5.69 Å². The normalized spacial score (nSPS) is 13.9. The van der Waals surface area contributed by atoms with Gasteiger partial charge in [-0.2, -0.15) is 0 Å². The molecular formula is C13H15N3O2. The molecule has 1 N–H and O–H groups in total. The Morgan fingerprint density at radius 1 is 1.50 bits per heavy atom. The number of aromatic amines is 1. The molecule has 5 heteroatoms. The molecule has 0 amide bonds. The molecule has 0 aliphatic carbocycles. The summed E-state index contributed by atoms with van der Waals surface area (Å²) in [5.41, 5.74) is 2.08. The van der Waals surface area contributed by atoms with Crippen LogP contribution in [0.3, 0.4) is 0 Å². The number of benzene rings is 1. The highest BCUT2D eigenvalue weighted by Gasteiger charge is 2.19. The molecule has 1 aliphatic heterocycles. The molecule has 2 heterocycles. The van der Waals surface area contributed by atoms with Gasteiger partial charge in [-0.3, -0.25) is 0 Å². The minimum atomic E-state index is 0.698. The second-order valence-corrected chi connectivity index (χ2v) is 4.16. The highest BCUT2D eigenvalue weighted by molar-refractivity contribution is 5.62. The van der Waals surface area contributed by atoms with E-state index in [2.05, 4.69) is 14.9 Å². The lowest BCUT2D eigenvalue weighted by atomic mass is 10.2. The number of nitrogens with one attached hydrogen (secondary N) is 1. The second-order valence-electron chi connectivity index (χ2n) is 4.16. The molecule has 1 aromatic heterocycles. The van der Waals surface area contributed by atoms with Crippen LogP contribution in [0, 0.1) is 0 Å². The van der Waals surface area contributed by atoms with Gasteiger partial charge in [0.1, 0.15) is 18.1 Å². The van der Waals surface area contributed by atoms with E-state index in [4.69, 9.17) is 9.47 Å². The van der Waals surface area contributed by atoms with Crippen LogP contribution < -0.4 is 14.4 Å². The molecule has 3 rings (SSSR count). The average Bonchev–Trinajstić information content (AvgIpc) is 2.91. The number of hydrogen-bond donors (Lipinski definition) is 1. The Labute approximate surface area is 105 Å². The predicted octanol–water partition coefficient (Wildman–Crippen LogP) is 1.82. The number of ether oxygens (including phenoxy) is 2. The van der Waals surface area contributed by atoms with Crippen molar-refractivity contribution in [1.82, 2.24) is 9.97 Å². The van der Waals surface area contributed by atoms with Crippen LogP contribution in [0.4, 0.5) is 5.69 Å². The fourth-order valence-electron chi connectivity index (χ4n) is 2.12. The first-order chi connectivity index (χ1) is 8.86. The number of imidazole rings is 1. The van der Waals surface area contributed by atoms with Gasteiger partial charge in [-0.1, -0.05) is 0 Å². The van der Waals surface area contributed by atoms with Crippen LogP contribution >= 0.6 is 0 Å². The van der Waals surface area contributed by atoms with Crippen molar-refractivity contribution in [3.8, 4) is 11.5 Å². The number of H-pyrrole nitrogens is 1. The zero-order valence-corrected chi connectivity index (χ0v) is 10.2. The van der Waals surface area contributed by atoms with Gasteiger partial charge in [-0.25, -0.2) is 4.98 Å². The van der Waals surface area contributed by atoms with Crippen LogP contribution in [-0.4, -0.2) is 30.2 Å². The number of methoxy groups -OCH3 is 1. The molecule has 0 saturated heterocycles. The van der Waals surface area contributed by atoms with Crippen LogP contribution in [0.5, 0.6) is 11.5 Å². The smallest absolute Gasteiger partial charge is 0.142 e. The molecule has 0 fully saturated rings. The summed E-state index contributed by atoms with van der Waals surface area (Å²) in [5, 5.41) is 0. The van der Waals surface area contributed by atoms with Crippen LogP contribution in [0.2, 0.25) is 0 Å². The van der Waals surface area contributed by atoms with Gasteiger partial charge >= 0.3 is 0 Å². The van der Waals surface area contributed by atoms with Gasteiger partial charge in [-0.05, 0) is 12.1 Å². The number of aromatic nitrogens is 2. The van der Waals surface area contributed by atoms with Crippen LogP contribution in [0.15, 0.2) is 30.7 Å². The molecular weight excluding hydrogens is 230 g/mol. The number of nitrogens with zero attached hydrogens (tertiary/aromatic N) is 2. The molecule has 18 heavy (non-hydrogen) atoms. The first-order valence-corrected chi connectivity index (χ1v) is 5.90. The van der Waals surface area contributed by atoms with Gasteiger partial charge in [0, 0.05) is 12.3 Å². The molecule has 0 saturated carbocycles. The number of fused-ring (bicyclic) bond motifs is 1. The summed E-state index contributed by atoms with van der Waals surface area (Å²) in [6, 6.07) is 5.86. The van der Waals surface area contributed by atoms with E-state index in [0.717, 1.165) is 36.0 Å². The van der Waals surface area contributed by atoms with Crippen molar-refractivity contribution in [2.24, 2.45) is 0 Å². The van der Waals surface area contributed by atoms with Crippen molar-refractivity contribution in [3.05, 3.63) is 36.4 Å². The first-order valence-electron chi connectivity index (χ1n) is 5.90. The summed E-state index contributed by atoms with van der Waals surface area (Å²) in [5.74, 6) is 1.74. The van der Waals surface area contributed by atoms with Gasteiger partial charge in [0.05, 0.1) is 37.9 Å². The van der Waals surface area contributed by atoms with E-state index in [1.54, 1.807) is 13.4 Å². The molecule has 0 unspecified atom stereocenters. The molecule has 2 aromatic rings. The lowest BCUT2D eigenvalue weighted by Crippen LogP contribution is -2.32. The van der Waals surface area contributed by atoms with Crippen molar-refractivity contribution in [2.75, 3.05) is 25.2 Å². The molecule has 0 radical (unpaired) electrons. The fraction of sp³-hybridized carbons (Fsp3) is 0.308. The highest BCUT2D eigenvalue weighted by atomic mass is 16.5. The minimum absolute atomic E-state index is 0.698. The Bertz CT molecular complexity index is 525. The minimum Gasteiger partial charge on any atom is -0.497 e. The molecule has 1 aliphatic rings. The van der Waals surface area contributed by atoms with E-state index in [0.29, 0.717) is 6.61 Å². The molecule has 0 bridgehead atoms. The van der Waals surface area contributed by atoms with E-state index in [9.17, 15) is 0 Å². The largest absolute Gasteiger partial charge is 0.497 e. The lowest BCUT2D eigenvalue weighted by molar-refractivity contribution is 0.305. The summed E-state index contributed by atoms with van der Waals surface area (Å²) in [6.07, 6.45) is 3.61. The Hall–Kier alpha value is -2.17. The molecule has 0 spiro atoms. The van der Waals surface area contributed by atoms with Gasteiger partial charge in [0.25, 0.3) is 0 Å². The summed E-state index contributed by atoms with van der Waals surface area (Å²) in [4.78, 5) is 9.48. The molecule has 94 valence electrons. The van der Waals surface area contributed by atoms with Crippen molar-refractivity contribution in [1.29, 1.82) is 0 Å². The van der Waals surface area contributed by atoms with Crippen molar-refractivity contribution < 1.29 is 9.47 Å². The van der Waals surface area contributed by atoms with E-state index in [1.165, 1.54) is 0 Å². The van der Waals surface area contributed by atoms with Crippen LogP contribution in [0.25, 0.3) is 0 Å². The quantitative estimate of drug-likeness (QED) is 0.896. The van der Waals surface area contributed by atoms with Gasteiger partial charge < -0.3 is 19.4 Å². The fourth-order valence-corrected chi connectivity index (χ4v) is 2.12. The summed E-state index contributed by atoms with van der Waals surface area (Å²) in [6.45, 7) is 2.32. The summed E-state index contributed by atoms with van der Waals surface area (Å²) >= 11 is 0. The monoisotopic (exact) mass is 245 g/mol. The van der Waals surface area contributed by atoms with Gasteiger partial charge in [-0.15, -0.1) is 0 Å². The zero-order valence-electron chi connectivity index (χ0n) is 10.2. The van der Waals surface area contributed by atoms with Crippen molar-refractivity contribution in [2.45, 2.75) is 6.54 Å². The Morgan fingerprint density at radius 3 is 3.22 bits per heavy atom. The maximum Gasteiger partial charge on any atom is 0.142 e. The highest BCUT2D eigenvalue weighted by Crippen LogP contribution is 2.35. The SMILES string of the molecule is COc1ccc2c(c1)N(Cc1c[nH]cn1)CCO2. The van der Waals surface area contributed by atoms with E-state index in [1.807, 2.05) is 24.4 Å². The molecule has 5 nitrogen and oxygen atoms in total. The average molecular weight is 245 g/mol. The maximum absolute atomic E-state index is 5.65. The maximum atomic E-state index is 5.65. The third-order valence-electron chi connectivity index (χ3n) is 3.03. The standard InChI is InChI=1S/C13H15N3O2/c1-17-11-2-3-13-12(6-11)16(4-5-18-13)8-10-7-14-9-15-10/h2-3,6-7,9H,4-5,8H2,1H3,(H,14,15). The van der Waals surface area contributed by atoms with E-state index >= 15 is 0 Å².